The molecule has 4 fully saturated rings. The molecule has 5 N–H and O–H groups in total. The number of hydrazone groups is 2. The van der Waals surface area contributed by atoms with Crippen LogP contribution in [0.2, 0.25) is 0 Å². The number of nitrogens with one attached hydrogen (secondary N) is 3. The lowest BCUT2D eigenvalue weighted by molar-refractivity contribution is -0.684. The smallest absolute Gasteiger partial charge is 0.305 e. The Labute approximate surface area is 422 Å². The minimum absolute atomic E-state index is 0.0143. The molecule has 4 saturated carbocycles. The summed E-state index contributed by atoms with van der Waals surface area (Å²) in [7, 11) is 0. The molecule has 0 radical (unpaired) electrons. The number of aromatic hydroxyl groups is 2. The molecule has 0 unspecified atom stereocenters. The van der Waals surface area contributed by atoms with E-state index in [9.17, 15) is 29.4 Å². The first kappa shape index (κ1) is 49.2. The Bertz CT molecular complexity index is 2830. The number of unbranched alkanes of at least 4 members (excludes halogenated alkanes) is 3. The molecule has 10 rings (SSSR count). The largest absolute Gasteiger partial charge is 0.508 e. The number of carbonyl (C=O) groups is 4. The van der Waals surface area contributed by atoms with Gasteiger partial charge in [-0.1, -0.05) is 38.8 Å². The Morgan fingerprint density at radius 3 is 1.75 bits per heavy atom. The zero-order chi connectivity index (χ0) is 50.0. The normalized spacial score (nSPS) is 27.9. The number of aromatic nitrogens is 2. The van der Waals surface area contributed by atoms with E-state index < -0.39 is 0 Å². The molecule has 14 heteroatoms. The van der Waals surface area contributed by atoms with Crippen molar-refractivity contribution < 1.29 is 34.0 Å². The highest BCUT2D eigenvalue weighted by atomic mass is 16.3. The number of hydrogen-bond acceptors (Lipinski definition) is 8. The van der Waals surface area contributed by atoms with E-state index in [2.05, 4.69) is 47.1 Å². The van der Waals surface area contributed by atoms with Crippen LogP contribution in [0.15, 0.2) is 101 Å². The van der Waals surface area contributed by atoms with Crippen LogP contribution in [0.4, 0.5) is 5.69 Å². The quantitative estimate of drug-likeness (QED) is 0.0477. The number of fused-ring (bicyclic) bond motifs is 10. The molecule has 0 bridgehead atoms. The summed E-state index contributed by atoms with van der Waals surface area (Å²) in [5, 5.41) is 33.0. The SMILES string of the molecule is C[C@]12CC[C@@H]3c4ccc(O)cc4CC[C@H]3[C@@H]1CC/C2=N/NC(=O)Cn1ccc(=NC(=O)CCCCCCC(=O)Nc2cc[n+](CC(=O)N/N=C3/CC[C@H]4[C@@H]5CCc6cc(O)ccc6[C@H]5CC[C@]34C)cc2)cc1. The molecule has 2 aromatic carbocycles. The van der Waals surface area contributed by atoms with Crippen molar-refractivity contribution in [2.24, 2.45) is 49.7 Å². The second-order valence-electron chi connectivity index (χ2n) is 22.2. The number of phenols is 2. The molecule has 6 aliphatic rings. The number of aryl methyl sites for hydroxylation is 2. The van der Waals surface area contributed by atoms with Crippen LogP contribution in [0.25, 0.3) is 0 Å². The van der Waals surface area contributed by atoms with Gasteiger partial charge in [0.25, 0.3) is 5.91 Å². The summed E-state index contributed by atoms with van der Waals surface area (Å²) in [6, 6.07) is 18.8. The van der Waals surface area contributed by atoms with E-state index >= 15 is 0 Å². The maximum atomic E-state index is 13.0. The molecule has 378 valence electrons. The Hall–Kier alpha value is -6.44. The number of amides is 4. The zero-order valence-corrected chi connectivity index (χ0v) is 42.0. The van der Waals surface area contributed by atoms with E-state index in [0.717, 1.165) is 101 Å². The average molecular weight is 976 g/mol. The van der Waals surface area contributed by atoms with Crippen molar-refractivity contribution in [1.29, 1.82) is 0 Å². The number of benzene rings is 2. The summed E-state index contributed by atoms with van der Waals surface area (Å²) in [5.41, 5.74) is 13.9. The standard InChI is InChI=1S/C58H70N8O6/c1-57-27-21-45-43-15-11-41(67)33-37(43)9-13-47(45)49(57)17-19-51(57)61-63-55(71)35-65-29-23-39(24-30-65)59-53(69)7-5-3-4-6-8-54(70)60-40-25-31-66(32-26-40)36-56(72)64-62-52-20-18-50-48-14-10-38-34-42(68)12-16-44(38)46(48)22-28-58(50,52)2/h11-12,15-16,23-26,29-34,45-50H,3-10,13-14,17-22,27-28,35-36H2,1-2H3,(H4,63,64,67,68,71,72)/p+1/b61-51-,62-52-/t45-,46-,47-,48-,49+,50+,57+,58+/m1/s1. The second kappa shape index (κ2) is 21.0. The zero-order valence-electron chi connectivity index (χ0n) is 42.0. The Morgan fingerprint density at radius 2 is 1.18 bits per heavy atom. The van der Waals surface area contributed by atoms with E-state index in [-0.39, 0.29) is 47.5 Å². The first-order valence-corrected chi connectivity index (χ1v) is 26.7. The summed E-state index contributed by atoms with van der Waals surface area (Å²) in [5.74, 6) is 3.35. The Morgan fingerprint density at radius 1 is 0.639 bits per heavy atom. The van der Waals surface area contributed by atoms with Gasteiger partial charge in [-0.3, -0.25) is 19.2 Å². The van der Waals surface area contributed by atoms with Crippen molar-refractivity contribution >= 4 is 40.7 Å². The molecular formula is C58H71N8O6+. The van der Waals surface area contributed by atoms with E-state index in [4.69, 9.17) is 10.2 Å². The van der Waals surface area contributed by atoms with Crippen molar-refractivity contribution in [3.8, 4) is 11.5 Å². The van der Waals surface area contributed by atoms with E-state index in [1.165, 1.54) is 22.3 Å². The number of hydrogen-bond donors (Lipinski definition) is 5. The highest BCUT2D eigenvalue weighted by Gasteiger charge is 2.55. The van der Waals surface area contributed by atoms with Crippen LogP contribution < -0.4 is 26.1 Å². The van der Waals surface area contributed by atoms with Gasteiger partial charge in [0.05, 0.1) is 11.0 Å². The van der Waals surface area contributed by atoms with Crippen LogP contribution in [0.1, 0.15) is 151 Å². The maximum absolute atomic E-state index is 13.0. The molecule has 4 amide bonds. The predicted octanol–water partition coefficient (Wildman–Crippen LogP) is 8.65. The highest BCUT2D eigenvalue weighted by Crippen LogP contribution is 2.61. The number of pyridine rings is 2. The number of anilines is 1. The topological polar surface area (TPSA) is 191 Å². The minimum atomic E-state index is -0.200. The van der Waals surface area contributed by atoms with E-state index in [1.807, 2.05) is 24.3 Å². The summed E-state index contributed by atoms with van der Waals surface area (Å²) in [6.07, 6.45) is 23.3. The summed E-state index contributed by atoms with van der Waals surface area (Å²) in [4.78, 5) is 55.6. The number of nitrogens with zero attached hydrogens (tertiary/aromatic N) is 5. The summed E-state index contributed by atoms with van der Waals surface area (Å²) >= 11 is 0. The number of carbonyl (C=O) groups excluding carboxylic acids is 4. The number of rotatable bonds is 14. The van der Waals surface area contributed by atoms with Crippen molar-refractivity contribution in [3.05, 3.63) is 113 Å². The fraction of sp³-hybridized carbons (Fsp3) is 0.517. The molecule has 0 saturated heterocycles. The molecule has 72 heavy (non-hydrogen) atoms. The van der Waals surface area contributed by atoms with Crippen LogP contribution in [-0.2, 0) is 45.1 Å². The molecule has 14 nitrogen and oxygen atoms in total. The van der Waals surface area contributed by atoms with Crippen LogP contribution in [0, 0.1) is 34.5 Å². The average Bonchev–Trinajstić information content (AvgIpc) is 3.90. The summed E-state index contributed by atoms with van der Waals surface area (Å²) in [6.45, 7) is 4.89. The Balaban J connectivity index is 0.595. The van der Waals surface area contributed by atoms with Gasteiger partial charge < -0.3 is 20.1 Å². The fourth-order valence-electron chi connectivity index (χ4n) is 14.4. The van der Waals surface area contributed by atoms with Gasteiger partial charge in [0.2, 0.25) is 18.4 Å². The van der Waals surface area contributed by atoms with Crippen LogP contribution >= 0.6 is 0 Å². The van der Waals surface area contributed by atoms with Crippen LogP contribution in [-0.4, -0.2) is 49.8 Å². The molecule has 8 atom stereocenters. The fourth-order valence-corrected chi connectivity index (χ4v) is 14.4. The summed E-state index contributed by atoms with van der Waals surface area (Å²) < 4.78 is 3.52. The minimum Gasteiger partial charge on any atom is -0.508 e. The Kier molecular flexibility index (Phi) is 14.3. The van der Waals surface area contributed by atoms with Gasteiger partial charge in [-0.2, -0.15) is 14.8 Å². The predicted molar refractivity (Wildman–Crippen MR) is 275 cm³/mol. The van der Waals surface area contributed by atoms with Crippen molar-refractivity contribution in [1.82, 2.24) is 15.4 Å². The van der Waals surface area contributed by atoms with Crippen molar-refractivity contribution in [3.63, 3.8) is 0 Å². The molecule has 4 aromatic rings. The molecule has 0 aliphatic heterocycles. The number of phenolic OH excluding ortho intramolecular Hbond substituents is 2. The van der Waals surface area contributed by atoms with Gasteiger partial charge >= 0.3 is 5.91 Å². The van der Waals surface area contributed by atoms with Crippen molar-refractivity contribution in [2.75, 3.05) is 5.32 Å². The van der Waals surface area contributed by atoms with Crippen LogP contribution in [0.3, 0.4) is 0 Å². The van der Waals surface area contributed by atoms with Crippen molar-refractivity contribution in [2.45, 2.75) is 154 Å². The monoisotopic (exact) mass is 976 g/mol. The lowest BCUT2D eigenvalue weighted by atomic mass is 9.55. The molecule has 6 aliphatic carbocycles. The third kappa shape index (κ3) is 10.4. The maximum Gasteiger partial charge on any atom is 0.305 e. The third-order valence-corrected chi connectivity index (χ3v) is 18.0. The van der Waals surface area contributed by atoms with Gasteiger partial charge in [-0.25, -0.2) is 15.8 Å². The van der Waals surface area contributed by atoms with Gasteiger partial charge in [0.15, 0.2) is 12.4 Å². The molecule has 2 heterocycles. The van der Waals surface area contributed by atoms with E-state index in [0.29, 0.717) is 83.7 Å². The van der Waals surface area contributed by atoms with E-state index in [1.54, 1.807) is 58.2 Å². The van der Waals surface area contributed by atoms with Crippen LogP contribution in [0.5, 0.6) is 11.5 Å². The van der Waals surface area contributed by atoms with Gasteiger partial charge in [-0.15, -0.1) is 0 Å². The third-order valence-electron chi connectivity index (χ3n) is 18.0. The lowest BCUT2D eigenvalue weighted by Crippen LogP contribution is -2.44. The first-order chi connectivity index (χ1) is 34.8. The van der Waals surface area contributed by atoms with Gasteiger partial charge in [0.1, 0.15) is 18.0 Å². The van der Waals surface area contributed by atoms with Gasteiger partial charge in [-0.05, 0) is 184 Å². The highest BCUT2D eigenvalue weighted by molar-refractivity contribution is 5.94. The molecular weight excluding hydrogens is 905 g/mol. The lowest BCUT2D eigenvalue weighted by Gasteiger charge is -2.49. The molecule has 2 aromatic heterocycles. The van der Waals surface area contributed by atoms with Gasteiger partial charge in [0, 0.05) is 59.6 Å². The first-order valence-electron chi connectivity index (χ1n) is 26.7. The molecule has 0 spiro atoms. The second-order valence-corrected chi connectivity index (χ2v) is 22.2.